The maximum atomic E-state index is 11.9. The zero-order chi connectivity index (χ0) is 14.0. The number of amides is 1. The van der Waals surface area contributed by atoms with Crippen LogP contribution in [0.5, 0.6) is 0 Å². The number of hydrogen-bond acceptors (Lipinski definition) is 3. The van der Waals surface area contributed by atoms with Crippen molar-refractivity contribution in [3.63, 3.8) is 0 Å². The van der Waals surface area contributed by atoms with Crippen molar-refractivity contribution in [2.75, 3.05) is 5.32 Å². The van der Waals surface area contributed by atoms with Gasteiger partial charge in [0, 0.05) is 11.4 Å². The third-order valence-electron chi connectivity index (χ3n) is 2.53. The lowest BCUT2D eigenvalue weighted by molar-refractivity contribution is 0.0697. The Morgan fingerprint density at radius 2 is 2.11 bits per heavy atom. The van der Waals surface area contributed by atoms with Crippen LogP contribution in [0.1, 0.15) is 26.4 Å². The van der Waals surface area contributed by atoms with Crippen LogP contribution < -0.4 is 5.32 Å². The molecular weight excluding hydrogens is 270 g/mol. The van der Waals surface area contributed by atoms with E-state index in [4.69, 9.17) is 16.7 Å². The number of carboxylic acids is 1. The Bertz CT molecular complexity index is 651. The predicted octanol–water partition coefficient (Wildman–Crippen LogP) is 2.32. The van der Waals surface area contributed by atoms with E-state index in [2.05, 4.69) is 15.5 Å². The number of aromatic amines is 1. The molecule has 1 aromatic carbocycles. The molecule has 0 aliphatic carbocycles. The molecule has 0 spiro atoms. The van der Waals surface area contributed by atoms with Crippen LogP contribution in [0.4, 0.5) is 5.69 Å². The fourth-order valence-electron chi connectivity index (χ4n) is 1.54. The number of carbonyl (C=O) groups excluding carboxylic acids is 1. The lowest BCUT2D eigenvalue weighted by Crippen LogP contribution is -2.12. The molecule has 2 rings (SSSR count). The van der Waals surface area contributed by atoms with Gasteiger partial charge in [-0.2, -0.15) is 5.10 Å². The Balaban J connectivity index is 2.21. The van der Waals surface area contributed by atoms with Gasteiger partial charge in [0.25, 0.3) is 5.91 Å². The minimum Gasteiger partial charge on any atom is -0.478 e. The van der Waals surface area contributed by atoms with Gasteiger partial charge in [0.05, 0.1) is 22.3 Å². The average Bonchev–Trinajstić information content (AvgIpc) is 2.75. The van der Waals surface area contributed by atoms with E-state index in [0.717, 1.165) is 0 Å². The molecule has 0 saturated carbocycles. The van der Waals surface area contributed by atoms with Crippen LogP contribution in [-0.4, -0.2) is 27.2 Å². The number of aryl methyl sites for hydroxylation is 1. The first-order valence-corrected chi connectivity index (χ1v) is 5.71. The summed E-state index contributed by atoms with van der Waals surface area (Å²) >= 11 is 5.81. The SMILES string of the molecule is Cc1[nH]ncc1C(=O)Nc1ccc(C(=O)O)c(Cl)c1. The molecule has 1 aromatic heterocycles. The largest absolute Gasteiger partial charge is 0.478 e. The molecule has 19 heavy (non-hydrogen) atoms. The monoisotopic (exact) mass is 279 g/mol. The number of carbonyl (C=O) groups is 2. The van der Waals surface area contributed by atoms with Crippen LogP contribution in [0, 0.1) is 6.92 Å². The number of benzene rings is 1. The summed E-state index contributed by atoms with van der Waals surface area (Å²) < 4.78 is 0. The van der Waals surface area contributed by atoms with Crippen molar-refractivity contribution in [3.05, 3.63) is 46.2 Å². The van der Waals surface area contributed by atoms with Gasteiger partial charge in [-0.3, -0.25) is 9.89 Å². The van der Waals surface area contributed by atoms with Crippen molar-refractivity contribution in [1.82, 2.24) is 10.2 Å². The molecule has 0 radical (unpaired) electrons. The van der Waals surface area contributed by atoms with Gasteiger partial charge in [-0.25, -0.2) is 4.79 Å². The topological polar surface area (TPSA) is 95.1 Å². The van der Waals surface area contributed by atoms with Crippen molar-refractivity contribution >= 4 is 29.2 Å². The Morgan fingerprint density at radius 3 is 2.63 bits per heavy atom. The second-order valence-electron chi connectivity index (χ2n) is 3.86. The zero-order valence-corrected chi connectivity index (χ0v) is 10.7. The van der Waals surface area contributed by atoms with E-state index in [1.807, 2.05) is 0 Å². The number of halogens is 1. The molecule has 0 unspecified atom stereocenters. The molecule has 0 fully saturated rings. The van der Waals surface area contributed by atoms with Crippen LogP contribution in [0.3, 0.4) is 0 Å². The summed E-state index contributed by atoms with van der Waals surface area (Å²) in [4.78, 5) is 22.7. The Hall–Kier alpha value is -2.34. The molecule has 0 aliphatic rings. The number of anilines is 1. The molecule has 1 amide bonds. The van der Waals surface area contributed by atoms with Gasteiger partial charge >= 0.3 is 5.97 Å². The number of aromatic carboxylic acids is 1. The molecule has 6 nitrogen and oxygen atoms in total. The first kappa shape index (κ1) is 13.1. The highest BCUT2D eigenvalue weighted by atomic mass is 35.5. The van der Waals surface area contributed by atoms with Gasteiger partial charge in [0.2, 0.25) is 0 Å². The van der Waals surface area contributed by atoms with Crippen LogP contribution in [0.15, 0.2) is 24.4 Å². The standard InChI is InChI=1S/C12H10ClN3O3/c1-6-9(5-14-16-6)11(17)15-7-2-3-8(12(18)19)10(13)4-7/h2-5H,1H3,(H,14,16)(H,15,17)(H,18,19). The lowest BCUT2D eigenvalue weighted by atomic mass is 10.2. The molecule has 98 valence electrons. The van der Waals surface area contributed by atoms with Crippen LogP contribution in [0.25, 0.3) is 0 Å². The number of rotatable bonds is 3. The first-order chi connectivity index (χ1) is 8.99. The van der Waals surface area contributed by atoms with Gasteiger partial charge in [0.15, 0.2) is 0 Å². The third kappa shape index (κ3) is 2.74. The van der Waals surface area contributed by atoms with Gasteiger partial charge in [-0.1, -0.05) is 11.6 Å². The summed E-state index contributed by atoms with van der Waals surface area (Å²) in [5.74, 6) is -1.46. The molecular formula is C12H10ClN3O3. The van der Waals surface area contributed by atoms with Crippen molar-refractivity contribution in [2.45, 2.75) is 6.92 Å². The number of nitrogens with zero attached hydrogens (tertiary/aromatic N) is 1. The van der Waals surface area contributed by atoms with Gasteiger partial charge in [0.1, 0.15) is 0 Å². The van der Waals surface area contributed by atoms with E-state index < -0.39 is 5.97 Å². The number of hydrogen-bond donors (Lipinski definition) is 3. The molecule has 1 heterocycles. The van der Waals surface area contributed by atoms with E-state index >= 15 is 0 Å². The Labute approximate surface area is 113 Å². The van der Waals surface area contributed by atoms with Crippen molar-refractivity contribution in [1.29, 1.82) is 0 Å². The molecule has 2 aromatic rings. The van der Waals surface area contributed by atoms with E-state index in [0.29, 0.717) is 16.9 Å². The summed E-state index contributed by atoms with van der Waals surface area (Å²) in [6.07, 6.45) is 1.41. The molecule has 0 atom stereocenters. The second kappa shape index (κ2) is 5.11. The first-order valence-electron chi connectivity index (χ1n) is 5.33. The van der Waals surface area contributed by atoms with E-state index in [1.54, 1.807) is 6.92 Å². The van der Waals surface area contributed by atoms with E-state index in [-0.39, 0.29) is 16.5 Å². The van der Waals surface area contributed by atoms with E-state index in [1.165, 1.54) is 24.4 Å². The summed E-state index contributed by atoms with van der Waals surface area (Å²) in [7, 11) is 0. The quantitative estimate of drug-likeness (QED) is 0.803. The maximum Gasteiger partial charge on any atom is 0.337 e. The van der Waals surface area contributed by atoms with Gasteiger partial charge in [-0.15, -0.1) is 0 Å². The normalized spacial score (nSPS) is 10.2. The highest BCUT2D eigenvalue weighted by molar-refractivity contribution is 6.33. The zero-order valence-electron chi connectivity index (χ0n) is 9.90. The third-order valence-corrected chi connectivity index (χ3v) is 2.84. The summed E-state index contributed by atoms with van der Waals surface area (Å²) in [5, 5.41) is 17.9. The second-order valence-corrected chi connectivity index (χ2v) is 4.27. The molecule has 0 bridgehead atoms. The van der Waals surface area contributed by atoms with Crippen molar-refractivity contribution < 1.29 is 14.7 Å². The van der Waals surface area contributed by atoms with Crippen molar-refractivity contribution in [3.8, 4) is 0 Å². The highest BCUT2D eigenvalue weighted by Crippen LogP contribution is 2.21. The minimum atomic E-state index is -1.12. The average molecular weight is 280 g/mol. The minimum absolute atomic E-state index is 0.0147. The maximum absolute atomic E-state index is 11.9. The number of nitrogens with one attached hydrogen (secondary N) is 2. The number of aromatic nitrogens is 2. The van der Waals surface area contributed by atoms with Gasteiger partial charge < -0.3 is 10.4 Å². The molecule has 7 heteroatoms. The smallest absolute Gasteiger partial charge is 0.337 e. The molecule has 0 aliphatic heterocycles. The number of carboxylic acid groups (broad SMARTS) is 1. The van der Waals surface area contributed by atoms with Crippen molar-refractivity contribution in [2.24, 2.45) is 0 Å². The molecule has 0 saturated heterocycles. The predicted molar refractivity (Wildman–Crippen MR) is 69.7 cm³/mol. The van der Waals surface area contributed by atoms with E-state index in [9.17, 15) is 9.59 Å². The Morgan fingerprint density at radius 1 is 1.37 bits per heavy atom. The highest BCUT2D eigenvalue weighted by Gasteiger charge is 2.13. The summed E-state index contributed by atoms with van der Waals surface area (Å²) in [5.41, 5.74) is 1.46. The van der Waals surface area contributed by atoms with Gasteiger partial charge in [-0.05, 0) is 25.1 Å². The Kier molecular flexibility index (Phi) is 3.52. The summed E-state index contributed by atoms with van der Waals surface area (Å²) in [6.45, 7) is 1.72. The number of H-pyrrole nitrogens is 1. The fraction of sp³-hybridized carbons (Fsp3) is 0.0833. The lowest BCUT2D eigenvalue weighted by Gasteiger charge is -2.06. The van der Waals surface area contributed by atoms with Crippen LogP contribution >= 0.6 is 11.6 Å². The summed E-state index contributed by atoms with van der Waals surface area (Å²) in [6, 6.07) is 4.20. The van der Waals surface area contributed by atoms with Crippen LogP contribution in [0.2, 0.25) is 5.02 Å². The van der Waals surface area contributed by atoms with Crippen LogP contribution in [-0.2, 0) is 0 Å². The fourth-order valence-corrected chi connectivity index (χ4v) is 1.81. The molecule has 3 N–H and O–H groups in total.